The van der Waals surface area contributed by atoms with E-state index in [4.69, 9.17) is 4.74 Å². The predicted molar refractivity (Wildman–Crippen MR) is 66.1 cm³/mol. The second-order valence-corrected chi connectivity index (χ2v) is 4.54. The normalized spacial score (nSPS) is 11.3. The van der Waals surface area contributed by atoms with Crippen molar-refractivity contribution in [3.05, 3.63) is 29.6 Å². The van der Waals surface area contributed by atoms with Gasteiger partial charge in [0, 0.05) is 13.2 Å². The number of rotatable bonds is 5. The molecule has 4 nitrogen and oxygen atoms in total. The Hall–Kier alpha value is -1.62. The van der Waals surface area contributed by atoms with Crippen molar-refractivity contribution in [2.45, 2.75) is 26.4 Å². The summed E-state index contributed by atoms with van der Waals surface area (Å²) >= 11 is 0. The molecule has 18 heavy (non-hydrogen) atoms. The number of phenolic OH excluding ortho intramolecular Hbond substituents is 1. The number of amides is 1. The smallest absolute Gasteiger partial charge is 0.255 e. The molecule has 0 unspecified atom stereocenters. The quantitative estimate of drug-likeness (QED) is 0.846. The Balaban J connectivity index is 2.69. The number of phenols is 1. The second kappa shape index (κ2) is 5.82. The van der Waals surface area contributed by atoms with Crippen LogP contribution < -0.4 is 5.32 Å². The summed E-state index contributed by atoms with van der Waals surface area (Å²) in [6.07, 6.45) is 0. The molecule has 0 aliphatic rings. The highest BCUT2D eigenvalue weighted by Gasteiger charge is 2.20. The molecule has 0 aromatic heterocycles. The highest BCUT2D eigenvalue weighted by atomic mass is 19.1. The highest BCUT2D eigenvalue weighted by Crippen LogP contribution is 2.18. The molecule has 0 atom stereocenters. The molecule has 0 aliphatic heterocycles. The molecule has 0 fully saturated rings. The van der Waals surface area contributed by atoms with E-state index in [1.54, 1.807) is 0 Å². The molecule has 100 valence electrons. The SMILES string of the molecule is CCOC(C)(C)CNC(=O)c1cc(F)ccc1O. The van der Waals surface area contributed by atoms with Crippen LogP contribution in [-0.4, -0.2) is 29.8 Å². The summed E-state index contributed by atoms with van der Waals surface area (Å²) in [5.41, 5.74) is -0.588. The van der Waals surface area contributed by atoms with Gasteiger partial charge in [-0.2, -0.15) is 0 Å². The molecule has 5 heteroatoms. The predicted octanol–water partition coefficient (Wildman–Crippen LogP) is 2.08. The minimum atomic E-state index is -0.568. The molecule has 0 radical (unpaired) electrons. The van der Waals surface area contributed by atoms with Crippen LogP contribution in [0, 0.1) is 5.82 Å². The first kappa shape index (κ1) is 14.4. The molecular formula is C13H18FNO3. The topological polar surface area (TPSA) is 58.6 Å². The minimum absolute atomic E-state index is 0.0812. The first-order valence-corrected chi connectivity index (χ1v) is 5.76. The molecule has 2 N–H and O–H groups in total. The zero-order chi connectivity index (χ0) is 13.8. The number of hydrogen-bond acceptors (Lipinski definition) is 3. The van der Waals surface area contributed by atoms with E-state index in [0.29, 0.717) is 6.61 Å². The first-order chi connectivity index (χ1) is 8.35. The van der Waals surface area contributed by atoms with Gasteiger partial charge in [-0.25, -0.2) is 4.39 Å². The molecule has 0 saturated heterocycles. The van der Waals surface area contributed by atoms with Crippen molar-refractivity contribution in [2.75, 3.05) is 13.2 Å². The van der Waals surface area contributed by atoms with Gasteiger partial charge in [-0.3, -0.25) is 4.79 Å². The molecule has 1 amide bonds. The van der Waals surface area contributed by atoms with Crippen LogP contribution >= 0.6 is 0 Å². The average molecular weight is 255 g/mol. The zero-order valence-electron chi connectivity index (χ0n) is 10.8. The summed E-state index contributed by atoms with van der Waals surface area (Å²) in [4.78, 5) is 11.8. The molecular weight excluding hydrogens is 237 g/mol. The summed E-state index contributed by atoms with van der Waals surface area (Å²) < 4.78 is 18.4. The Morgan fingerprint density at radius 2 is 2.17 bits per heavy atom. The third-order valence-corrected chi connectivity index (χ3v) is 2.41. The number of carbonyl (C=O) groups is 1. The van der Waals surface area contributed by atoms with E-state index >= 15 is 0 Å². The summed E-state index contributed by atoms with van der Waals surface area (Å²) in [5.74, 6) is -1.34. The van der Waals surface area contributed by atoms with Gasteiger partial charge in [0.05, 0.1) is 11.2 Å². The molecule has 0 spiro atoms. The van der Waals surface area contributed by atoms with E-state index in [0.717, 1.165) is 18.2 Å². The number of ether oxygens (including phenoxy) is 1. The lowest BCUT2D eigenvalue weighted by molar-refractivity contribution is -0.00817. The number of halogens is 1. The minimum Gasteiger partial charge on any atom is -0.507 e. The van der Waals surface area contributed by atoms with E-state index in [2.05, 4.69) is 5.32 Å². The number of hydrogen-bond donors (Lipinski definition) is 2. The van der Waals surface area contributed by atoms with Crippen LogP contribution in [0.3, 0.4) is 0 Å². The van der Waals surface area contributed by atoms with Gasteiger partial charge in [0.25, 0.3) is 5.91 Å². The Bertz CT molecular complexity index is 432. The third kappa shape index (κ3) is 4.00. The fourth-order valence-corrected chi connectivity index (χ4v) is 1.52. The van der Waals surface area contributed by atoms with Gasteiger partial charge in [-0.1, -0.05) is 0 Å². The number of benzene rings is 1. The highest BCUT2D eigenvalue weighted by molar-refractivity contribution is 5.96. The van der Waals surface area contributed by atoms with Gasteiger partial charge in [0.2, 0.25) is 0 Å². The molecule has 1 rings (SSSR count). The van der Waals surface area contributed by atoms with Crippen LogP contribution in [0.2, 0.25) is 0 Å². The molecule has 0 heterocycles. The van der Waals surface area contributed by atoms with Crippen LogP contribution in [0.25, 0.3) is 0 Å². The lowest BCUT2D eigenvalue weighted by Gasteiger charge is -2.24. The lowest BCUT2D eigenvalue weighted by atomic mass is 10.1. The molecule has 0 aliphatic carbocycles. The summed E-state index contributed by atoms with van der Waals surface area (Å²) in [7, 11) is 0. The summed E-state index contributed by atoms with van der Waals surface area (Å²) in [6.45, 7) is 6.34. The first-order valence-electron chi connectivity index (χ1n) is 5.76. The maximum atomic E-state index is 13.0. The van der Waals surface area contributed by atoms with Gasteiger partial charge >= 0.3 is 0 Å². The molecule has 0 bridgehead atoms. The standard InChI is InChI=1S/C13H18FNO3/c1-4-18-13(2,3)8-15-12(17)10-7-9(14)5-6-11(10)16/h5-7,16H,4,8H2,1-3H3,(H,15,17). The van der Waals surface area contributed by atoms with Crippen molar-refractivity contribution in [3.8, 4) is 5.75 Å². The number of aromatic hydroxyl groups is 1. The molecule has 1 aromatic carbocycles. The average Bonchev–Trinajstić information content (AvgIpc) is 2.29. The van der Waals surface area contributed by atoms with Gasteiger partial charge in [0.1, 0.15) is 11.6 Å². The Kier molecular flexibility index (Phi) is 4.67. The van der Waals surface area contributed by atoms with Crippen molar-refractivity contribution in [3.63, 3.8) is 0 Å². The maximum absolute atomic E-state index is 13.0. The van der Waals surface area contributed by atoms with Crippen LogP contribution in [0.1, 0.15) is 31.1 Å². The Morgan fingerprint density at radius 1 is 1.50 bits per heavy atom. The lowest BCUT2D eigenvalue weighted by Crippen LogP contribution is -2.40. The van der Waals surface area contributed by atoms with Gasteiger partial charge < -0.3 is 15.2 Å². The van der Waals surface area contributed by atoms with Crippen molar-refractivity contribution in [1.29, 1.82) is 0 Å². The Labute approximate surface area is 106 Å². The molecule has 1 aromatic rings. The molecule has 0 saturated carbocycles. The fraction of sp³-hybridized carbons (Fsp3) is 0.462. The van der Waals surface area contributed by atoms with E-state index in [1.807, 2.05) is 20.8 Å². The van der Waals surface area contributed by atoms with E-state index < -0.39 is 17.3 Å². The van der Waals surface area contributed by atoms with Crippen LogP contribution in [-0.2, 0) is 4.74 Å². The van der Waals surface area contributed by atoms with Crippen LogP contribution in [0.4, 0.5) is 4.39 Å². The summed E-state index contributed by atoms with van der Waals surface area (Å²) in [6, 6.07) is 3.24. The summed E-state index contributed by atoms with van der Waals surface area (Å²) in [5, 5.41) is 12.1. The van der Waals surface area contributed by atoms with Crippen molar-refractivity contribution >= 4 is 5.91 Å². The third-order valence-electron chi connectivity index (χ3n) is 2.41. The maximum Gasteiger partial charge on any atom is 0.255 e. The van der Waals surface area contributed by atoms with Crippen LogP contribution in [0.5, 0.6) is 5.75 Å². The largest absolute Gasteiger partial charge is 0.507 e. The van der Waals surface area contributed by atoms with Crippen molar-refractivity contribution in [2.24, 2.45) is 0 Å². The monoisotopic (exact) mass is 255 g/mol. The van der Waals surface area contributed by atoms with E-state index in [-0.39, 0.29) is 17.9 Å². The van der Waals surface area contributed by atoms with E-state index in [1.165, 1.54) is 0 Å². The zero-order valence-corrected chi connectivity index (χ0v) is 10.8. The van der Waals surface area contributed by atoms with Gasteiger partial charge in [-0.05, 0) is 39.0 Å². The van der Waals surface area contributed by atoms with Crippen molar-refractivity contribution < 1.29 is 19.0 Å². The number of nitrogens with one attached hydrogen (secondary N) is 1. The van der Waals surface area contributed by atoms with Crippen molar-refractivity contribution in [1.82, 2.24) is 5.32 Å². The van der Waals surface area contributed by atoms with Crippen LogP contribution in [0.15, 0.2) is 18.2 Å². The fourth-order valence-electron chi connectivity index (χ4n) is 1.52. The second-order valence-electron chi connectivity index (χ2n) is 4.54. The van der Waals surface area contributed by atoms with Gasteiger partial charge in [-0.15, -0.1) is 0 Å². The van der Waals surface area contributed by atoms with Gasteiger partial charge in [0.15, 0.2) is 0 Å². The van der Waals surface area contributed by atoms with E-state index in [9.17, 15) is 14.3 Å². The number of carbonyl (C=O) groups excluding carboxylic acids is 1. The Morgan fingerprint density at radius 3 is 2.78 bits per heavy atom.